The summed E-state index contributed by atoms with van der Waals surface area (Å²) >= 11 is 0. The third-order valence-electron chi connectivity index (χ3n) is 2.75. The Morgan fingerprint density at radius 2 is 2.06 bits per heavy atom. The summed E-state index contributed by atoms with van der Waals surface area (Å²) in [7, 11) is 3.40. The largest absolute Gasteiger partial charge is 0.349 e. The van der Waals surface area contributed by atoms with Crippen molar-refractivity contribution in [2.45, 2.75) is 32.7 Å². The lowest BCUT2D eigenvalue weighted by molar-refractivity contribution is -0.128. The van der Waals surface area contributed by atoms with E-state index in [0.717, 1.165) is 0 Å². The van der Waals surface area contributed by atoms with Crippen molar-refractivity contribution in [3.05, 3.63) is 32.6 Å². The second kappa shape index (κ2) is 6.18. The van der Waals surface area contributed by atoms with Crippen LogP contribution in [0.5, 0.6) is 0 Å². The molecule has 0 atom stereocenters. The molecule has 0 saturated heterocycles. The van der Waals surface area contributed by atoms with Crippen LogP contribution in [0, 0.1) is 0 Å². The molecular formula is C12H19N3O3. The Morgan fingerprint density at radius 3 is 2.61 bits per heavy atom. The normalized spacial score (nSPS) is 10.4. The predicted molar refractivity (Wildman–Crippen MR) is 68.6 cm³/mol. The minimum Gasteiger partial charge on any atom is -0.349 e. The first kappa shape index (κ1) is 14.2. The number of aryl methyl sites for hydroxylation is 2. The van der Waals surface area contributed by atoms with Crippen LogP contribution in [-0.4, -0.2) is 34.5 Å². The van der Waals surface area contributed by atoms with Gasteiger partial charge in [-0.15, -0.1) is 0 Å². The van der Waals surface area contributed by atoms with E-state index < -0.39 is 5.69 Å². The zero-order valence-electron chi connectivity index (χ0n) is 11.0. The molecule has 0 aliphatic rings. The smallest absolute Gasteiger partial charge is 0.328 e. The van der Waals surface area contributed by atoms with Crippen LogP contribution < -0.4 is 11.2 Å². The molecule has 0 fully saturated rings. The molecule has 1 aromatic rings. The molecule has 1 N–H and O–H groups in total. The molecule has 1 heterocycles. The van der Waals surface area contributed by atoms with Crippen LogP contribution in [0.1, 0.15) is 25.3 Å². The van der Waals surface area contributed by atoms with Crippen molar-refractivity contribution in [3.63, 3.8) is 0 Å². The van der Waals surface area contributed by atoms with E-state index in [1.807, 2.05) is 6.92 Å². The molecule has 0 bridgehead atoms. The predicted octanol–water partition coefficient (Wildman–Crippen LogP) is -0.0326. The van der Waals surface area contributed by atoms with E-state index >= 15 is 0 Å². The van der Waals surface area contributed by atoms with Gasteiger partial charge in [0.15, 0.2) is 0 Å². The topological polar surface area (TPSA) is 75.2 Å². The van der Waals surface area contributed by atoms with E-state index in [-0.39, 0.29) is 11.5 Å². The maximum absolute atomic E-state index is 11.5. The van der Waals surface area contributed by atoms with E-state index in [1.165, 1.54) is 9.47 Å². The molecule has 18 heavy (non-hydrogen) atoms. The van der Waals surface area contributed by atoms with Gasteiger partial charge in [0, 0.05) is 38.8 Å². The van der Waals surface area contributed by atoms with Gasteiger partial charge >= 0.3 is 5.69 Å². The van der Waals surface area contributed by atoms with Crippen LogP contribution in [-0.2, 0) is 17.8 Å². The van der Waals surface area contributed by atoms with Crippen molar-refractivity contribution in [1.82, 2.24) is 14.5 Å². The molecule has 100 valence electrons. The van der Waals surface area contributed by atoms with Gasteiger partial charge in [0.05, 0.1) is 0 Å². The molecule has 0 aliphatic carbocycles. The lowest BCUT2D eigenvalue weighted by Gasteiger charge is -2.10. The quantitative estimate of drug-likeness (QED) is 0.800. The summed E-state index contributed by atoms with van der Waals surface area (Å²) in [5, 5.41) is 0. The average molecular weight is 253 g/mol. The van der Waals surface area contributed by atoms with Crippen LogP contribution in [0.2, 0.25) is 0 Å². The van der Waals surface area contributed by atoms with Crippen molar-refractivity contribution in [2.75, 3.05) is 14.1 Å². The zero-order chi connectivity index (χ0) is 13.7. The number of hydrogen-bond acceptors (Lipinski definition) is 3. The number of H-pyrrole nitrogens is 1. The second-order valence-corrected chi connectivity index (χ2v) is 4.35. The number of aromatic amines is 1. The Balaban J connectivity index is 2.71. The average Bonchev–Trinajstić information content (AvgIpc) is 2.31. The van der Waals surface area contributed by atoms with Crippen LogP contribution in [0.3, 0.4) is 0 Å². The lowest BCUT2D eigenvalue weighted by atomic mass is 10.2. The van der Waals surface area contributed by atoms with Crippen LogP contribution >= 0.6 is 0 Å². The lowest BCUT2D eigenvalue weighted by Crippen LogP contribution is -2.32. The van der Waals surface area contributed by atoms with E-state index in [1.54, 1.807) is 20.3 Å². The minimum atomic E-state index is -0.422. The summed E-state index contributed by atoms with van der Waals surface area (Å²) in [5.41, 5.74) is -0.175. The summed E-state index contributed by atoms with van der Waals surface area (Å²) in [6, 6.07) is 0. The number of carbonyl (C=O) groups excluding carboxylic acids is 1. The van der Waals surface area contributed by atoms with Gasteiger partial charge in [0.25, 0.3) is 5.56 Å². The highest BCUT2D eigenvalue weighted by Crippen LogP contribution is 1.97. The van der Waals surface area contributed by atoms with Gasteiger partial charge in [-0.05, 0) is 12.8 Å². The fourth-order valence-electron chi connectivity index (χ4n) is 1.60. The first-order valence-corrected chi connectivity index (χ1v) is 5.98. The first-order valence-electron chi connectivity index (χ1n) is 5.98. The summed E-state index contributed by atoms with van der Waals surface area (Å²) in [6.07, 6.45) is 3.11. The fraction of sp³-hybridized carbons (Fsp3) is 0.583. The molecule has 1 amide bonds. The van der Waals surface area contributed by atoms with Crippen molar-refractivity contribution < 1.29 is 4.79 Å². The molecule has 0 spiro atoms. The van der Waals surface area contributed by atoms with Crippen molar-refractivity contribution >= 4 is 5.91 Å². The van der Waals surface area contributed by atoms with Crippen LogP contribution in [0.15, 0.2) is 15.8 Å². The Bertz CT molecular complexity index is 528. The minimum absolute atomic E-state index is 0.0307. The van der Waals surface area contributed by atoms with Gasteiger partial charge in [-0.3, -0.25) is 14.6 Å². The van der Waals surface area contributed by atoms with Crippen LogP contribution in [0.4, 0.5) is 0 Å². The van der Waals surface area contributed by atoms with Crippen molar-refractivity contribution in [2.24, 2.45) is 0 Å². The number of nitrogens with zero attached hydrogens (tertiary/aromatic N) is 2. The maximum Gasteiger partial charge on any atom is 0.328 e. The molecular weight excluding hydrogens is 234 g/mol. The molecule has 1 rings (SSSR count). The molecule has 0 radical (unpaired) electrons. The number of carbonyl (C=O) groups is 1. The van der Waals surface area contributed by atoms with E-state index in [9.17, 15) is 14.4 Å². The number of rotatable bonds is 5. The van der Waals surface area contributed by atoms with Gasteiger partial charge in [-0.2, -0.15) is 0 Å². The third-order valence-corrected chi connectivity index (χ3v) is 2.75. The number of amides is 1. The van der Waals surface area contributed by atoms with Crippen molar-refractivity contribution in [1.29, 1.82) is 0 Å². The van der Waals surface area contributed by atoms with E-state index in [4.69, 9.17) is 0 Å². The first-order chi connectivity index (χ1) is 8.45. The monoisotopic (exact) mass is 253 g/mol. The molecule has 1 aromatic heterocycles. The highest BCUT2D eigenvalue weighted by atomic mass is 16.2. The molecule has 6 heteroatoms. The summed E-state index contributed by atoms with van der Waals surface area (Å²) in [6.45, 7) is 2.29. The Hall–Kier alpha value is -1.85. The molecule has 0 saturated carbocycles. The highest BCUT2D eigenvalue weighted by molar-refractivity contribution is 5.75. The summed E-state index contributed by atoms with van der Waals surface area (Å²) < 4.78 is 1.45. The molecule has 0 unspecified atom stereocenters. The zero-order valence-corrected chi connectivity index (χ0v) is 11.0. The number of aromatic nitrogens is 2. The van der Waals surface area contributed by atoms with Gasteiger partial charge in [-0.25, -0.2) is 4.79 Å². The Morgan fingerprint density at radius 1 is 1.39 bits per heavy atom. The Kier molecular flexibility index (Phi) is 4.88. The van der Waals surface area contributed by atoms with Gasteiger partial charge < -0.3 is 9.47 Å². The standard InChI is InChI=1S/C12H19N3O3/c1-4-9-8-15(12(18)13-11(9)17)7-5-6-10(16)14(2)3/h8H,4-7H2,1-3H3,(H,13,17,18). The second-order valence-electron chi connectivity index (χ2n) is 4.35. The Labute approximate surface area is 105 Å². The van der Waals surface area contributed by atoms with Gasteiger partial charge in [0.2, 0.25) is 5.91 Å². The highest BCUT2D eigenvalue weighted by Gasteiger charge is 2.06. The number of nitrogens with one attached hydrogen (secondary N) is 1. The molecule has 6 nitrogen and oxygen atoms in total. The maximum atomic E-state index is 11.5. The molecule has 0 aromatic carbocycles. The van der Waals surface area contributed by atoms with Crippen molar-refractivity contribution in [3.8, 4) is 0 Å². The van der Waals surface area contributed by atoms with E-state index in [0.29, 0.717) is 31.4 Å². The molecule has 0 aliphatic heterocycles. The van der Waals surface area contributed by atoms with Crippen LogP contribution in [0.25, 0.3) is 0 Å². The summed E-state index contributed by atoms with van der Waals surface area (Å²) in [5.74, 6) is 0.0307. The third kappa shape index (κ3) is 3.58. The van der Waals surface area contributed by atoms with E-state index in [2.05, 4.69) is 4.98 Å². The van der Waals surface area contributed by atoms with Gasteiger partial charge in [0.1, 0.15) is 0 Å². The fourth-order valence-corrected chi connectivity index (χ4v) is 1.60. The van der Waals surface area contributed by atoms with Gasteiger partial charge in [-0.1, -0.05) is 6.92 Å². The number of hydrogen-bond donors (Lipinski definition) is 1. The summed E-state index contributed by atoms with van der Waals surface area (Å²) in [4.78, 5) is 38.1. The SMILES string of the molecule is CCc1cn(CCCC(=O)N(C)C)c(=O)[nH]c1=O.